The highest BCUT2D eigenvalue weighted by atomic mass is 32.2. The summed E-state index contributed by atoms with van der Waals surface area (Å²) in [6, 6.07) is 5.48. The number of carbonyl (C=O) groups is 1. The SMILES string of the molecule is CCOC(=S)SC(C)C(=O)c1ccc(F)cc1. The van der Waals surface area contributed by atoms with Crippen LogP contribution >= 0.6 is 24.0 Å². The van der Waals surface area contributed by atoms with Crippen molar-refractivity contribution in [3.05, 3.63) is 35.6 Å². The Hall–Kier alpha value is -0.940. The van der Waals surface area contributed by atoms with Crippen molar-refractivity contribution in [2.45, 2.75) is 19.1 Å². The van der Waals surface area contributed by atoms with Gasteiger partial charge in [-0.05, 0) is 50.3 Å². The van der Waals surface area contributed by atoms with Gasteiger partial charge in [-0.15, -0.1) is 0 Å². The van der Waals surface area contributed by atoms with E-state index in [2.05, 4.69) is 0 Å². The van der Waals surface area contributed by atoms with Gasteiger partial charge < -0.3 is 4.74 Å². The van der Waals surface area contributed by atoms with Gasteiger partial charge in [-0.2, -0.15) is 0 Å². The first-order valence-corrected chi connectivity index (χ1v) is 6.46. The molecule has 1 unspecified atom stereocenters. The molecule has 17 heavy (non-hydrogen) atoms. The number of ether oxygens (including phenoxy) is 1. The maximum absolute atomic E-state index is 12.7. The van der Waals surface area contributed by atoms with Gasteiger partial charge in [-0.25, -0.2) is 4.39 Å². The topological polar surface area (TPSA) is 26.3 Å². The normalized spacial score (nSPS) is 11.9. The Bertz CT molecular complexity index is 403. The quantitative estimate of drug-likeness (QED) is 0.619. The van der Waals surface area contributed by atoms with E-state index in [0.29, 0.717) is 16.6 Å². The lowest BCUT2D eigenvalue weighted by Crippen LogP contribution is -2.16. The Morgan fingerprint density at radius 1 is 1.47 bits per heavy atom. The van der Waals surface area contributed by atoms with Gasteiger partial charge in [-0.1, -0.05) is 11.8 Å². The van der Waals surface area contributed by atoms with Crippen LogP contribution in [-0.2, 0) is 4.74 Å². The second-order valence-electron chi connectivity index (χ2n) is 3.31. The smallest absolute Gasteiger partial charge is 0.220 e. The number of hydrogen-bond donors (Lipinski definition) is 0. The Morgan fingerprint density at radius 3 is 2.59 bits per heavy atom. The summed E-state index contributed by atoms with van der Waals surface area (Å²) in [6.07, 6.45) is 0. The Kier molecular flexibility index (Phi) is 5.58. The van der Waals surface area contributed by atoms with E-state index in [1.807, 2.05) is 6.92 Å². The fourth-order valence-corrected chi connectivity index (χ4v) is 2.47. The van der Waals surface area contributed by atoms with E-state index in [1.54, 1.807) is 6.92 Å². The molecule has 5 heteroatoms. The zero-order valence-corrected chi connectivity index (χ0v) is 11.2. The number of ketones is 1. The summed E-state index contributed by atoms with van der Waals surface area (Å²) in [6.45, 7) is 4.07. The summed E-state index contributed by atoms with van der Waals surface area (Å²) in [7, 11) is 0. The van der Waals surface area contributed by atoms with Crippen molar-refractivity contribution < 1.29 is 13.9 Å². The van der Waals surface area contributed by atoms with E-state index in [-0.39, 0.29) is 16.9 Å². The number of Topliss-reactive ketones (excluding diaryl/α,β-unsaturated/α-hetero) is 1. The maximum Gasteiger partial charge on any atom is 0.220 e. The van der Waals surface area contributed by atoms with Gasteiger partial charge in [0, 0.05) is 5.56 Å². The molecule has 0 aliphatic carbocycles. The molecule has 0 amide bonds. The molecular formula is C12H13FO2S2. The van der Waals surface area contributed by atoms with Crippen LogP contribution < -0.4 is 0 Å². The summed E-state index contributed by atoms with van der Waals surface area (Å²) in [5.74, 6) is -0.441. The molecule has 0 aliphatic rings. The molecular weight excluding hydrogens is 259 g/mol. The molecule has 92 valence electrons. The second kappa shape index (κ2) is 6.71. The lowest BCUT2D eigenvalue weighted by atomic mass is 10.1. The largest absolute Gasteiger partial charge is 0.479 e. The molecule has 1 aromatic rings. The number of thiocarbonyl (C=S) groups is 1. The van der Waals surface area contributed by atoms with Crippen molar-refractivity contribution in [1.82, 2.24) is 0 Å². The Labute approximate surface area is 110 Å². The summed E-state index contributed by atoms with van der Waals surface area (Å²) >= 11 is 6.15. The summed E-state index contributed by atoms with van der Waals surface area (Å²) < 4.78 is 18.2. The van der Waals surface area contributed by atoms with E-state index < -0.39 is 0 Å². The highest BCUT2D eigenvalue weighted by Gasteiger charge is 2.18. The molecule has 0 saturated heterocycles. The average Bonchev–Trinajstić information content (AvgIpc) is 2.29. The Morgan fingerprint density at radius 2 is 2.06 bits per heavy atom. The van der Waals surface area contributed by atoms with Crippen LogP contribution in [0.5, 0.6) is 0 Å². The number of thioether (sulfide) groups is 1. The molecule has 0 bridgehead atoms. The predicted molar refractivity (Wildman–Crippen MR) is 72.0 cm³/mol. The van der Waals surface area contributed by atoms with Crippen LogP contribution in [0.4, 0.5) is 4.39 Å². The zero-order valence-electron chi connectivity index (χ0n) is 9.60. The molecule has 1 aromatic carbocycles. The van der Waals surface area contributed by atoms with E-state index in [4.69, 9.17) is 17.0 Å². The van der Waals surface area contributed by atoms with Crippen molar-refractivity contribution in [2.24, 2.45) is 0 Å². The fraction of sp³-hybridized carbons (Fsp3) is 0.333. The number of carbonyl (C=O) groups excluding carboxylic acids is 1. The zero-order chi connectivity index (χ0) is 12.8. The molecule has 2 nitrogen and oxygen atoms in total. The minimum absolute atomic E-state index is 0.0861. The summed E-state index contributed by atoms with van der Waals surface area (Å²) in [4.78, 5) is 11.9. The molecule has 0 aliphatic heterocycles. The minimum Gasteiger partial charge on any atom is -0.479 e. The third-order valence-corrected chi connectivity index (χ3v) is 3.32. The van der Waals surface area contributed by atoms with Gasteiger partial charge >= 0.3 is 0 Å². The van der Waals surface area contributed by atoms with Gasteiger partial charge in [0.05, 0.1) is 11.9 Å². The molecule has 1 atom stereocenters. The first-order chi connectivity index (χ1) is 8.04. The number of benzene rings is 1. The van der Waals surface area contributed by atoms with Gasteiger partial charge in [0.25, 0.3) is 0 Å². The van der Waals surface area contributed by atoms with Crippen molar-refractivity contribution >= 4 is 34.1 Å². The van der Waals surface area contributed by atoms with Crippen molar-refractivity contribution in [3.63, 3.8) is 0 Å². The van der Waals surface area contributed by atoms with Crippen LogP contribution in [0.15, 0.2) is 24.3 Å². The first-order valence-electron chi connectivity index (χ1n) is 5.17. The number of halogens is 1. The van der Waals surface area contributed by atoms with Crippen LogP contribution in [-0.4, -0.2) is 22.0 Å². The lowest BCUT2D eigenvalue weighted by Gasteiger charge is -2.10. The third kappa shape index (κ3) is 4.44. The molecule has 0 aromatic heterocycles. The molecule has 0 radical (unpaired) electrons. The van der Waals surface area contributed by atoms with E-state index in [0.717, 1.165) is 0 Å². The third-order valence-electron chi connectivity index (χ3n) is 2.03. The highest BCUT2D eigenvalue weighted by molar-refractivity contribution is 8.23. The maximum atomic E-state index is 12.7. The van der Waals surface area contributed by atoms with Crippen LogP contribution in [0, 0.1) is 5.82 Å². The van der Waals surface area contributed by atoms with Gasteiger partial charge in [0.15, 0.2) is 5.78 Å². The fourth-order valence-electron chi connectivity index (χ4n) is 1.20. The average molecular weight is 272 g/mol. The number of hydrogen-bond acceptors (Lipinski definition) is 4. The molecule has 0 saturated carbocycles. The van der Waals surface area contributed by atoms with Gasteiger partial charge in [-0.3, -0.25) is 4.79 Å². The standard InChI is InChI=1S/C12H13FO2S2/c1-3-15-12(16)17-8(2)11(14)9-4-6-10(13)7-5-9/h4-8H,3H2,1-2H3. The van der Waals surface area contributed by atoms with Crippen molar-refractivity contribution in [3.8, 4) is 0 Å². The molecule has 0 fully saturated rings. The minimum atomic E-state index is -0.355. The van der Waals surface area contributed by atoms with Crippen LogP contribution in [0.25, 0.3) is 0 Å². The van der Waals surface area contributed by atoms with E-state index in [9.17, 15) is 9.18 Å². The first kappa shape index (κ1) is 14.1. The van der Waals surface area contributed by atoms with Crippen LogP contribution in [0.3, 0.4) is 0 Å². The summed E-state index contributed by atoms with van der Waals surface area (Å²) in [5.41, 5.74) is 0.477. The molecule has 0 spiro atoms. The van der Waals surface area contributed by atoms with Crippen molar-refractivity contribution in [1.29, 1.82) is 0 Å². The highest BCUT2D eigenvalue weighted by Crippen LogP contribution is 2.19. The molecule has 0 N–H and O–H groups in total. The number of rotatable bonds is 4. The van der Waals surface area contributed by atoms with Crippen LogP contribution in [0.2, 0.25) is 0 Å². The van der Waals surface area contributed by atoms with E-state index in [1.165, 1.54) is 36.0 Å². The lowest BCUT2D eigenvalue weighted by molar-refractivity contribution is 0.0994. The van der Waals surface area contributed by atoms with Gasteiger partial charge in [0.1, 0.15) is 5.82 Å². The summed E-state index contributed by atoms with van der Waals surface area (Å²) in [5, 5.41) is -0.334. The van der Waals surface area contributed by atoms with E-state index >= 15 is 0 Å². The second-order valence-corrected chi connectivity index (χ2v) is 5.26. The van der Waals surface area contributed by atoms with Gasteiger partial charge in [0.2, 0.25) is 4.38 Å². The molecule has 0 heterocycles. The predicted octanol–water partition coefficient (Wildman–Crippen LogP) is 3.45. The Balaban J connectivity index is 2.63. The van der Waals surface area contributed by atoms with Crippen molar-refractivity contribution in [2.75, 3.05) is 6.61 Å². The van der Waals surface area contributed by atoms with Crippen LogP contribution in [0.1, 0.15) is 24.2 Å². The molecule has 1 rings (SSSR count). The monoisotopic (exact) mass is 272 g/mol.